The van der Waals surface area contributed by atoms with Crippen molar-refractivity contribution in [3.8, 4) is 0 Å². The van der Waals surface area contributed by atoms with Crippen molar-refractivity contribution in [1.82, 2.24) is 4.98 Å². The molecular formula is C15H18N2O4. The van der Waals surface area contributed by atoms with Gasteiger partial charge in [0, 0.05) is 17.3 Å². The summed E-state index contributed by atoms with van der Waals surface area (Å²) in [5.41, 5.74) is 7.63. The Kier molecular flexibility index (Phi) is 4.59. The molecule has 3 N–H and O–H groups in total. The molecule has 112 valence electrons. The molecule has 1 heterocycles. The summed E-state index contributed by atoms with van der Waals surface area (Å²) >= 11 is 0. The Morgan fingerprint density at radius 3 is 2.71 bits per heavy atom. The Bertz CT molecular complexity index is 663. The molecule has 0 fully saturated rings. The number of hydrogen-bond donors (Lipinski definition) is 2. The first-order valence-corrected chi connectivity index (χ1v) is 6.68. The van der Waals surface area contributed by atoms with E-state index in [1.165, 1.54) is 7.11 Å². The molecule has 1 aromatic heterocycles. The SMILES string of the molecule is CCOC(=O)C(N)Cc1c(C(=O)OC)[nH]c2ccccc12. The molecule has 21 heavy (non-hydrogen) atoms. The van der Waals surface area contributed by atoms with Crippen LogP contribution in [0.15, 0.2) is 24.3 Å². The maximum Gasteiger partial charge on any atom is 0.354 e. The minimum absolute atomic E-state index is 0.202. The van der Waals surface area contributed by atoms with Crippen molar-refractivity contribution in [1.29, 1.82) is 0 Å². The molecule has 1 atom stereocenters. The lowest BCUT2D eigenvalue weighted by atomic mass is 10.0. The van der Waals surface area contributed by atoms with Gasteiger partial charge in [0.2, 0.25) is 0 Å². The molecule has 2 rings (SSSR count). The number of rotatable bonds is 5. The first kappa shape index (κ1) is 15.1. The molecule has 6 heteroatoms. The highest BCUT2D eigenvalue weighted by molar-refractivity contribution is 5.98. The third kappa shape index (κ3) is 3.05. The van der Waals surface area contributed by atoms with Crippen molar-refractivity contribution in [2.24, 2.45) is 5.73 Å². The van der Waals surface area contributed by atoms with Gasteiger partial charge in [0.1, 0.15) is 11.7 Å². The summed E-state index contributed by atoms with van der Waals surface area (Å²) < 4.78 is 9.67. The third-order valence-corrected chi connectivity index (χ3v) is 3.22. The van der Waals surface area contributed by atoms with E-state index in [0.29, 0.717) is 11.3 Å². The molecule has 0 aliphatic rings. The van der Waals surface area contributed by atoms with Crippen LogP contribution in [0.4, 0.5) is 0 Å². The number of nitrogens with two attached hydrogens (primary N) is 1. The van der Waals surface area contributed by atoms with Crippen LogP contribution in [0.25, 0.3) is 10.9 Å². The summed E-state index contributed by atoms with van der Waals surface area (Å²) in [5, 5.41) is 0.845. The normalized spacial score (nSPS) is 12.1. The first-order valence-electron chi connectivity index (χ1n) is 6.68. The highest BCUT2D eigenvalue weighted by Crippen LogP contribution is 2.24. The van der Waals surface area contributed by atoms with E-state index in [1.54, 1.807) is 6.92 Å². The summed E-state index contributed by atoms with van der Waals surface area (Å²) in [4.78, 5) is 26.6. The zero-order valence-corrected chi connectivity index (χ0v) is 12.0. The number of nitrogens with one attached hydrogen (secondary N) is 1. The van der Waals surface area contributed by atoms with Crippen molar-refractivity contribution < 1.29 is 19.1 Å². The van der Waals surface area contributed by atoms with Gasteiger partial charge in [0.05, 0.1) is 13.7 Å². The zero-order chi connectivity index (χ0) is 15.4. The predicted molar refractivity (Wildman–Crippen MR) is 78.0 cm³/mol. The van der Waals surface area contributed by atoms with Gasteiger partial charge in [0.25, 0.3) is 0 Å². The van der Waals surface area contributed by atoms with E-state index in [0.717, 1.165) is 10.9 Å². The molecule has 0 spiro atoms. The smallest absolute Gasteiger partial charge is 0.354 e. The second kappa shape index (κ2) is 6.41. The van der Waals surface area contributed by atoms with E-state index in [2.05, 4.69) is 4.98 Å². The molecule has 0 bridgehead atoms. The van der Waals surface area contributed by atoms with Crippen LogP contribution in [-0.2, 0) is 20.7 Å². The van der Waals surface area contributed by atoms with E-state index >= 15 is 0 Å². The van der Waals surface area contributed by atoms with Gasteiger partial charge in [-0.3, -0.25) is 4.79 Å². The van der Waals surface area contributed by atoms with Crippen LogP contribution < -0.4 is 5.73 Å². The van der Waals surface area contributed by atoms with E-state index in [9.17, 15) is 9.59 Å². The number of benzene rings is 1. The Morgan fingerprint density at radius 2 is 2.05 bits per heavy atom. The maximum absolute atomic E-state index is 11.9. The Labute approximate surface area is 122 Å². The number of fused-ring (bicyclic) bond motifs is 1. The number of hydrogen-bond acceptors (Lipinski definition) is 5. The van der Waals surface area contributed by atoms with E-state index in [4.69, 9.17) is 15.2 Å². The van der Waals surface area contributed by atoms with E-state index in [1.807, 2.05) is 24.3 Å². The number of methoxy groups -OCH3 is 1. The fourth-order valence-corrected chi connectivity index (χ4v) is 2.24. The van der Waals surface area contributed by atoms with Crippen LogP contribution in [0, 0.1) is 0 Å². The Hall–Kier alpha value is -2.34. The molecule has 1 aromatic carbocycles. The van der Waals surface area contributed by atoms with E-state index < -0.39 is 18.0 Å². The average molecular weight is 290 g/mol. The molecule has 0 saturated carbocycles. The minimum atomic E-state index is -0.826. The van der Waals surface area contributed by atoms with Crippen LogP contribution in [0.3, 0.4) is 0 Å². The topological polar surface area (TPSA) is 94.4 Å². The van der Waals surface area contributed by atoms with Crippen molar-refractivity contribution in [3.05, 3.63) is 35.5 Å². The summed E-state index contributed by atoms with van der Waals surface area (Å²) in [6, 6.07) is 6.60. The van der Waals surface area contributed by atoms with Crippen molar-refractivity contribution >= 4 is 22.8 Å². The second-order valence-corrected chi connectivity index (χ2v) is 4.58. The van der Waals surface area contributed by atoms with Gasteiger partial charge in [-0.1, -0.05) is 18.2 Å². The molecule has 0 aliphatic carbocycles. The Balaban J connectivity index is 2.40. The Morgan fingerprint density at radius 1 is 1.33 bits per heavy atom. The molecule has 0 aliphatic heterocycles. The number of esters is 2. The lowest BCUT2D eigenvalue weighted by molar-refractivity contribution is -0.144. The van der Waals surface area contributed by atoms with Crippen molar-refractivity contribution in [2.75, 3.05) is 13.7 Å². The van der Waals surface area contributed by atoms with Crippen LogP contribution in [0.1, 0.15) is 23.0 Å². The fourth-order valence-electron chi connectivity index (χ4n) is 2.24. The number of carbonyl (C=O) groups is 2. The van der Waals surface area contributed by atoms with Gasteiger partial charge in [-0.25, -0.2) is 4.79 Å². The number of aromatic amines is 1. The van der Waals surface area contributed by atoms with Gasteiger partial charge in [-0.2, -0.15) is 0 Å². The minimum Gasteiger partial charge on any atom is -0.465 e. The van der Waals surface area contributed by atoms with Gasteiger partial charge < -0.3 is 20.2 Å². The molecule has 6 nitrogen and oxygen atoms in total. The van der Waals surface area contributed by atoms with Crippen LogP contribution in [0.2, 0.25) is 0 Å². The fraction of sp³-hybridized carbons (Fsp3) is 0.333. The van der Waals surface area contributed by atoms with Crippen molar-refractivity contribution in [3.63, 3.8) is 0 Å². The van der Waals surface area contributed by atoms with Crippen LogP contribution >= 0.6 is 0 Å². The second-order valence-electron chi connectivity index (χ2n) is 4.58. The maximum atomic E-state index is 11.9. The number of ether oxygens (including phenoxy) is 2. The zero-order valence-electron chi connectivity index (χ0n) is 12.0. The molecule has 2 aromatic rings. The van der Waals surface area contributed by atoms with Gasteiger partial charge in [-0.05, 0) is 18.6 Å². The highest BCUT2D eigenvalue weighted by atomic mass is 16.5. The lowest BCUT2D eigenvalue weighted by Gasteiger charge is -2.11. The number of carbonyl (C=O) groups excluding carboxylic acids is 2. The number of aromatic nitrogens is 1. The molecule has 0 saturated heterocycles. The number of H-pyrrole nitrogens is 1. The first-order chi connectivity index (χ1) is 10.1. The summed E-state index contributed by atoms with van der Waals surface area (Å²) in [6.07, 6.45) is 0.202. The molecule has 1 unspecified atom stereocenters. The lowest BCUT2D eigenvalue weighted by Crippen LogP contribution is -2.34. The highest BCUT2D eigenvalue weighted by Gasteiger charge is 2.23. The summed E-state index contributed by atoms with van der Waals surface area (Å²) in [7, 11) is 1.31. The monoisotopic (exact) mass is 290 g/mol. The molecule has 0 radical (unpaired) electrons. The quantitative estimate of drug-likeness (QED) is 0.811. The standard InChI is InChI=1S/C15H18N2O4/c1-3-21-14(18)11(16)8-10-9-6-4-5-7-12(9)17-13(10)15(19)20-2/h4-7,11,17H,3,8,16H2,1-2H3. The predicted octanol–water partition coefficient (Wildman–Crippen LogP) is 1.39. The van der Waals surface area contributed by atoms with Gasteiger partial charge in [0.15, 0.2) is 0 Å². The summed E-state index contributed by atoms with van der Waals surface area (Å²) in [5.74, 6) is -0.976. The van der Waals surface area contributed by atoms with Gasteiger partial charge >= 0.3 is 11.9 Å². The van der Waals surface area contributed by atoms with Crippen LogP contribution in [0.5, 0.6) is 0 Å². The van der Waals surface area contributed by atoms with E-state index in [-0.39, 0.29) is 13.0 Å². The summed E-state index contributed by atoms with van der Waals surface area (Å²) in [6.45, 7) is 1.99. The van der Waals surface area contributed by atoms with Crippen molar-refractivity contribution in [2.45, 2.75) is 19.4 Å². The number of para-hydroxylation sites is 1. The molecular weight excluding hydrogens is 272 g/mol. The largest absolute Gasteiger partial charge is 0.465 e. The van der Waals surface area contributed by atoms with Gasteiger partial charge in [-0.15, -0.1) is 0 Å². The third-order valence-electron chi connectivity index (χ3n) is 3.22. The van der Waals surface area contributed by atoms with Crippen LogP contribution in [-0.4, -0.2) is 36.7 Å². The average Bonchev–Trinajstić information content (AvgIpc) is 2.85. The molecule has 0 amide bonds.